The molecule has 1 saturated carbocycles. The van der Waals surface area contributed by atoms with Crippen molar-refractivity contribution in [3.63, 3.8) is 0 Å². The number of para-hydroxylation sites is 1. The number of aliphatic imine (C=N–C) groups is 1. The highest BCUT2D eigenvalue weighted by atomic mass is 16.2. The molecule has 2 amide bonds. The van der Waals surface area contributed by atoms with Crippen LogP contribution in [0.1, 0.15) is 73.0 Å². The van der Waals surface area contributed by atoms with Crippen LogP contribution in [0.5, 0.6) is 0 Å². The Balaban J connectivity index is 1.39. The van der Waals surface area contributed by atoms with E-state index in [-0.39, 0.29) is 23.1 Å². The van der Waals surface area contributed by atoms with Gasteiger partial charge in [-0.1, -0.05) is 61.7 Å². The zero-order valence-electron chi connectivity index (χ0n) is 21.3. The normalized spacial score (nSPS) is 19.4. The summed E-state index contributed by atoms with van der Waals surface area (Å²) in [5, 5.41) is 6.33. The van der Waals surface area contributed by atoms with Crippen molar-refractivity contribution in [3.05, 3.63) is 95.8 Å². The van der Waals surface area contributed by atoms with E-state index in [1.807, 2.05) is 73.9 Å². The number of benzene rings is 2. The number of amides is 2. The summed E-state index contributed by atoms with van der Waals surface area (Å²) in [6.45, 7) is 2.32. The van der Waals surface area contributed by atoms with Crippen molar-refractivity contribution in [2.24, 2.45) is 4.99 Å². The molecular formula is C31H34N4O2. The molecule has 3 aromatic rings. The van der Waals surface area contributed by atoms with Gasteiger partial charge < -0.3 is 10.6 Å². The van der Waals surface area contributed by atoms with E-state index >= 15 is 0 Å². The Hall–Kier alpha value is -3.80. The molecule has 1 aliphatic carbocycles. The maximum Gasteiger partial charge on any atom is 0.252 e. The van der Waals surface area contributed by atoms with Gasteiger partial charge in [0.2, 0.25) is 5.91 Å². The van der Waals surface area contributed by atoms with E-state index in [9.17, 15) is 9.59 Å². The minimum Gasteiger partial charge on any atom is -0.353 e. The van der Waals surface area contributed by atoms with Crippen LogP contribution in [0.2, 0.25) is 0 Å². The minimum absolute atomic E-state index is 0.0672. The van der Waals surface area contributed by atoms with E-state index in [1.54, 1.807) is 12.1 Å². The maximum atomic E-state index is 14.0. The summed E-state index contributed by atoms with van der Waals surface area (Å²) in [5.74, 6) is -0.517. The predicted octanol–water partition coefficient (Wildman–Crippen LogP) is 5.48. The number of hydrogen-bond donors (Lipinski definition) is 2. The predicted molar refractivity (Wildman–Crippen MR) is 146 cm³/mol. The zero-order chi connectivity index (χ0) is 25.7. The zero-order valence-corrected chi connectivity index (χ0v) is 21.3. The first kappa shape index (κ1) is 24.9. The molecule has 6 heteroatoms. The van der Waals surface area contributed by atoms with Gasteiger partial charge in [0.15, 0.2) is 0 Å². The van der Waals surface area contributed by atoms with Crippen molar-refractivity contribution in [2.45, 2.75) is 62.3 Å². The highest BCUT2D eigenvalue weighted by molar-refractivity contribution is 5.99. The Kier molecular flexibility index (Phi) is 7.17. The summed E-state index contributed by atoms with van der Waals surface area (Å²) in [6.07, 6.45) is 9.53. The van der Waals surface area contributed by atoms with Gasteiger partial charge in [-0.15, -0.1) is 0 Å². The number of nitrogens with one attached hydrogen (secondary N) is 2. The van der Waals surface area contributed by atoms with Crippen LogP contribution in [0.15, 0.2) is 84.0 Å². The third-order valence-corrected chi connectivity index (χ3v) is 7.89. The van der Waals surface area contributed by atoms with Crippen LogP contribution in [-0.2, 0) is 10.2 Å². The summed E-state index contributed by atoms with van der Waals surface area (Å²) in [7, 11) is 0. The molecular weight excluding hydrogens is 460 g/mol. The quantitative estimate of drug-likeness (QED) is 0.435. The van der Waals surface area contributed by atoms with Crippen LogP contribution in [0.4, 0.5) is 5.69 Å². The maximum absolute atomic E-state index is 14.0. The number of aromatic nitrogens is 1. The Morgan fingerprint density at radius 1 is 0.946 bits per heavy atom. The lowest BCUT2D eigenvalue weighted by Crippen LogP contribution is -2.59. The third-order valence-electron chi connectivity index (χ3n) is 7.89. The fourth-order valence-corrected chi connectivity index (χ4v) is 5.76. The number of pyridine rings is 1. The topological polar surface area (TPSA) is 83.5 Å². The van der Waals surface area contributed by atoms with Crippen molar-refractivity contribution >= 4 is 23.7 Å². The van der Waals surface area contributed by atoms with Gasteiger partial charge >= 0.3 is 0 Å². The summed E-state index contributed by atoms with van der Waals surface area (Å²) in [4.78, 5) is 36.4. The number of carbonyl (C=O) groups is 2. The highest BCUT2D eigenvalue weighted by Gasteiger charge is 2.41. The molecule has 1 fully saturated rings. The Morgan fingerprint density at radius 2 is 1.68 bits per heavy atom. The van der Waals surface area contributed by atoms with E-state index in [1.165, 1.54) is 6.42 Å². The lowest BCUT2D eigenvalue weighted by Gasteiger charge is -2.39. The minimum atomic E-state index is -1.14. The van der Waals surface area contributed by atoms with Crippen LogP contribution >= 0.6 is 0 Å². The molecule has 2 atom stereocenters. The number of rotatable bonds is 8. The molecule has 0 bridgehead atoms. The van der Waals surface area contributed by atoms with Crippen molar-refractivity contribution in [1.29, 1.82) is 0 Å². The van der Waals surface area contributed by atoms with Gasteiger partial charge in [-0.25, -0.2) is 0 Å². The van der Waals surface area contributed by atoms with Gasteiger partial charge in [0.05, 0.1) is 5.69 Å². The lowest BCUT2D eigenvalue weighted by atomic mass is 9.71. The smallest absolute Gasteiger partial charge is 0.252 e. The molecule has 190 valence electrons. The molecule has 1 aromatic heterocycles. The largest absolute Gasteiger partial charge is 0.353 e. The van der Waals surface area contributed by atoms with Gasteiger partial charge in [-0.2, -0.15) is 0 Å². The number of carbonyl (C=O) groups excluding carboxylic acids is 2. The molecule has 1 aliphatic heterocycles. The molecule has 2 aliphatic rings. The first-order valence-corrected chi connectivity index (χ1v) is 13.2. The molecule has 5 rings (SSSR count). The summed E-state index contributed by atoms with van der Waals surface area (Å²) >= 11 is 0. The standard InChI is InChI=1S/C31H34N4O2/c1-30(35-28(36)23-12-4-2-5-13-23,20-24-21-33-26-15-7-6-14-25(24)26)29(37)34-22-31(17-9-3-10-18-31)27-16-8-11-19-32-27/h2,4-8,11-16,19,21,24H,3,9-10,17-18,20,22H2,1H3,(H,34,37)(H,35,36). The molecule has 2 aromatic carbocycles. The molecule has 37 heavy (non-hydrogen) atoms. The van der Waals surface area contributed by atoms with E-state index in [0.29, 0.717) is 18.5 Å². The fourth-order valence-electron chi connectivity index (χ4n) is 5.76. The molecule has 2 unspecified atom stereocenters. The summed E-state index contributed by atoms with van der Waals surface area (Å²) in [5.41, 5.74) is 2.22. The van der Waals surface area contributed by atoms with Crippen molar-refractivity contribution in [2.75, 3.05) is 6.54 Å². The molecule has 2 heterocycles. The fraction of sp³-hybridized carbons (Fsp3) is 0.355. The monoisotopic (exact) mass is 494 g/mol. The van der Waals surface area contributed by atoms with E-state index in [0.717, 1.165) is 42.6 Å². The number of nitrogens with zero attached hydrogens (tertiary/aromatic N) is 2. The first-order valence-electron chi connectivity index (χ1n) is 13.2. The lowest BCUT2D eigenvalue weighted by molar-refractivity contribution is -0.127. The van der Waals surface area contributed by atoms with Crippen LogP contribution in [0.3, 0.4) is 0 Å². The average molecular weight is 495 g/mol. The van der Waals surface area contributed by atoms with Crippen molar-refractivity contribution < 1.29 is 9.59 Å². The van der Waals surface area contributed by atoms with Gasteiger partial charge in [0, 0.05) is 41.5 Å². The SMILES string of the molecule is CC(CC1C=Nc2ccccc21)(NC(=O)c1ccccc1)C(=O)NCC1(c2ccccn2)CCCCC1. The average Bonchev–Trinajstić information content (AvgIpc) is 3.35. The molecule has 0 spiro atoms. The molecule has 2 N–H and O–H groups in total. The molecule has 6 nitrogen and oxygen atoms in total. The van der Waals surface area contributed by atoms with Gasteiger partial charge in [-0.3, -0.25) is 19.6 Å². The van der Waals surface area contributed by atoms with Crippen molar-refractivity contribution in [3.8, 4) is 0 Å². The van der Waals surface area contributed by atoms with E-state index < -0.39 is 5.54 Å². The Labute approximate surface area is 218 Å². The van der Waals surface area contributed by atoms with Crippen LogP contribution in [-0.4, -0.2) is 35.1 Å². The van der Waals surface area contributed by atoms with Crippen molar-refractivity contribution in [1.82, 2.24) is 15.6 Å². The second-order valence-corrected chi connectivity index (χ2v) is 10.5. The molecule has 0 saturated heterocycles. The highest BCUT2D eigenvalue weighted by Crippen LogP contribution is 2.39. The second kappa shape index (κ2) is 10.7. The van der Waals surface area contributed by atoms with Gasteiger partial charge in [0.25, 0.3) is 5.91 Å². The molecule has 0 radical (unpaired) electrons. The van der Waals surface area contributed by atoms with Gasteiger partial charge in [0.1, 0.15) is 5.54 Å². The van der Waals surface area contributed by atoms with Crippen LogP contribution < -0.4 is 10.6 Å². The number of hydrogen-bond acceptors (Lipinski definition) is 4. The summed E-state index contributed by atoms with van der Waals surface area (Å²) in [6, 6.07) is 23.0. The van der Waals surface area contributed by atoms with Crippen LogP contribution in [0, 0.1) is 0 Å². The summed E-state index contributed by atoms with van der Waals surface area (Å²) < 4.78 is 0. The van der Waals surface area contributed by atoms with E-state index in [4.69, 9.17) is 0 Å². The van der Waals surface area contributed by atoms with E-state index in [2.05, 4.69) is 26.7 Å². The third kappa shape index (κ3) is 5.33. The first-order chi connectivity index (χ1) is 18.0. The Bertz CT molecular complexity index is 1270. The Morgan fingerprint density at radius 3 is 2.43 bits per heavy atom. The number of fused-ring (bicyclic) bond motifs is 1. The van der Waals surface area contributed by atoms with Gasteiger partial charge in [-0.05, 0) is 62.1 Å². The second-order valence-electron chi connectivity index (χ2n) is 10.5. The van der Waals surface area contributed by atoms with Crippen LogP contribution in [0.25, 0.3) is 0 Å².